The highest BCUT2D eigenvalue weighted by Gasteiger charge is 2.03. The molecular weight excluding hydrogens is 150 g/mol. The molecule has 0 aliphatic rings. The normalized spacial score (nSPS) is 9.83. The third kappa shape index (κ3) is 2.16. The van der Waals surface area contributed by atoms with E-state index in [1.54, 1.807) is 13.1 Å². The lowest BCUT2D eigenvalue weighted by molar-refractivity contribution is -0.116. The summed E-state index contributed by atoms with van der Waals surface area (Å²) in [5.41, 5.74) is 2.10. The van der Waals surface area contributed by atoms with Gasteiger partial charge in [0.05, 0.1) is 5.69 Å². The summed E-state index contributed by atoms with van der Waals surface area (Å²) in [6.07, 6.45) is 3.14. The first kappa shape index (κ1) is 8.91. The molecule has 64 valence electrons. The average molecular weight is 163 g/mol. The van der Waals surface area contributed by atoms with Crippen LogP contribution in [0.15, 0.2) is 18.3 Å². The zero-order valence-electron chi connectivity index (χ0n) is 7.50. The van der Waals surface area contributed by atoms with Crippen LogP contribution in [0.3, 0.4) is 0 Å². The monoisotopic (exact) mass is 163 g/mol. The molecule has 1 heterocycles. The number of nitrogens with zero attached hydrogens (tertiary/aromatic N) is 1. The van der Waals surface area contributed by atoms with Gasteiger partial charge in [0.1, 0.15) is 5.78 Å². The number of rotatable bonds is 3. The number of hydrogen-bond donors (Lipinski definition) is 0. The summed E-state index contributed by atoms with van der Waals surface area (Å²) in [5.74, 6) is 0.170. The maximum atomic E-state index is 10.8. The third-order valence-corrected chi connectivity index (χ3v) is 1.78. The van der Waals surface area contributed by atoms with E-state index in [-0.39, 0.29) is 5.78 Å². The van der Waals surface area contributed by atoms with E-state index in [1.807, 2.05) is 12.1 Å². The number of hydrogen-bond acceptors (Lipinski definition) is 2. The predicted octanol–water partition coefficient (Wildman–Crippen LogP) is 1.78. The van der Waals surface area contributed by atoms with Crippen LogP contribution in [0.1, 0.15) is 25.1 Å². The van der Waals surface area contributed by atoms with Crippen molar-refractivity contribution in [2.24, 2.45) is 0 Å². The van der Waals surface area contributed by atoms with Crippen molar-refractivity contribution in [3.8, 4) is 0 Å². The molecule has 0 spiro atoms. The number of aromatic nitrogens is 1. The summed E-state index contributed by atoms with van der Waals surface area (Å²) in [7, 11) is 0. The van der Waals surface area contributed by atoms with Crippen LogP contribution < -0.4 is 0 Å². The van der Waals surface area contributed by atoms with Crippen molar-refractivity contribution < 1.29 is 4.79 Å². The molecule has 0 aliphatic heterocycles. The lowest BCUT2D eigenvalue weighted by Crippen LogP contribution is -2.02. The zero-order valence-corrected chi connectivity index (χ0v) is 7.50. The van der Waals surface area contributed by atoms with Gasteiger partial charge in [0, 0.05) is 12.6 Å². The fourth-order valence-corrected chi connectivity index (χ4v) is 1.19. The Morgan fingerprint density at radius 3 is 2.92 bits per heavy atom. The van der Waals surface area contributed by atoms with Gasteiger partial charge in [-0.15, -0.1) is 0 Å². The molecule has 0 atom stereocenters. The van der Waals surface area contributed by atoms with Gasteiger partial charge >= 0.3 is 0 Å². The predicted molar refractivity (Wildman–Crippen MR) is 48.0 cm³/mol. The van der Waals surface area contributed by atoms with Crippen molar-refractivity contribution in [3.05, 3.63) is 29.6 Å². The first-order valence-electron chi connectivity index (χ1n) is 4.16. The molecule has 12 heavy (non-hydrogen) atoms. The number of carbonyl (C=O) groups is 1. The number of pyridine rings is 1. The molecule has 0 saturated heterocycles. The van der Waals surface area contributed by atoms with Crippen LogP contribution in [0.5, 0.6) is 0 Å². The second-order valence-corrected chi connectivity index (χ2v) is 2.84. The van der Waals surface area contributed by atoms with E-state index in [9.17, 15) is 4.79 Å². The lowest BCUT2D eigenvalue weighted by Gasteiger charge is -2.02. The Hall–Kier alpha value is -1.18. The molecule has 2 heteroatoms. The molecule has 0 amide bonds. The van der Waals surface area contributed by atoms with Crippen molar-refractivity contribution in [1.29, 1.82) is 0 Å². The van der Waals surface area contributed by atoms with Gasteiger partial charge in [0.15, 0.2) is 0 Å². The zero-order chi connectivity index (χ0) is 8.97. The summed E-state index contributed by atoms with van der Waals surface area (Å²) >= 11 is 0. The van der Waals surface area contributed by atoms with Crippen LogP contribution in [0, 0.1) is 0 Å². The Kier molecular flexibility index (Phi) is 2.97. The molecule has 0 bridgehead atoms. The van der Waals surface area contributed by atoms with E-state index >= 15 is 0 Å². The van der Waals surface area contributed by atoms with Gasteiger partial charge in [-0.1, -0.05) is 13.0 Å². The fraction of sp³-hybridized carbons (Fsp3) is 0.400. The molecule has 0 fully saturated rings. The smallest absolute Gasteiger partial charge is 0.135 e. The highest BCUT2D eigenvalue weighted by molar-refractivity contribution is 5.78. The molecule has 0 radical (unpaired) electrons. The molecule has 1 aromatic heterocycles. The first-order chi connectivity index (χ1) is 5.74. The highest BCUT2D eigenvalue weighted by atomic mass is 16.1. The van der Waals surface area contributed by atoms with Gasteiger partial charge in [0.2, 0.25) is 0 Å². The van der Waals surface area contributed by atoms with E-state index in [0.29, 0.717) is 6.42 Å². The van der Waals surface area contributed by atoms with Crippen LogP contribution in [-0.2, 0) is 17.6 Å². The minimum absolute atomic E-state index is 0.170. The van der Waals surface area contributed by atoms with E-state index in [1.165, 1.54) is 5.56 Å². The minimum atomic E-state index is 0.170. The number of carbonyl (C=O) groups excluding carboxylic acids is 1. The van der Waals surface area contributed by atoms with Crippen molar-refractivity contribution in [3.63, 3.8) is 0 Å². The van der Waals surface area contributed by atoms with E-state index in [0.717, 1.165) is 12.1 Å². The van der Waals surface area contributed by atoms with E-state index in [4.69, 9.17) is 0 Å². The molecule has 0 N–H and O–H groups in total. The van der Waals surface area contributed by atoms with Gasteiger partial charge in [-0.2, -0.15) is 0 Å². The second-order valence-electron chi connectivity index (χ2n) is 2.84. The van der Waals surface area contributed by atoms with E-state index in [2.05, 4.69) is 11.9 Å². The molecule has 0 aromatic carbocycles. The molecule has 1 rings (SSSR count). The molecule has 2 nitrogen and oxygen atoms in total. The van der Waals surface area contributed by atoms with Gasteiger partial charge in [0.25, 0.3) is 0 Å². The largest absolute Gasteiger partial charge is 0.300 e. The Morgan fingerprint density at radius 2 is 2.33 bits per heavy atom. The lowest BCUT2D eigenvalue weighted by atomic mass is 10.1. The molecule has 0 unspecified atom stereocenters. The number of aryl methyl sites for hydroxylation is 1. The fourth-order valence-electron chi connectivity index (χ4n) is 1.19. The SMILES string of the molecule is CCc1cccnc1CC(C)=O. The van der Waals surface area contributed by atoms with E-state index < -0.39 is 0 Å². The van der Waals surface area contributed by atoms with Crippen molar-refractivity contribution in [2.45, 2.75) is 26.7 Å². The van der Waals surface area contributed by atoms with Gasteiger partial charge in [-0.25, -0.2) is 0 Å². The van der Waals surface area contributed by atoms with Gasteiger partial charge in [-0.05, 0) is 25.0 Å². The highest BCUT2D eigenvalue weighted by Crippen LogP contribution is 2.06. The molecule has 1 aromatic rings. The van der Waals surface area contributed by atoms with Crippen LogP contribution >= 0.6 is 0 Å². The maximum Gasteiger partial charge on any atom is 0.135 e. The number of Topliss-reactive ketones (excluding diaryl/α,β-unsaturated/α-hetero) is 1. The Balaban J connectivity index is 2.89. The van der Waals surface area contributed by atoms with Crippen LogP contribution in [0.4, 0.5) is 0 Å². The van der Waals surface area contributed by atoms with Gasteiger partial charge < -0.3 is 0 Å². The Labute approximate surface area is 72.6 Å². The standard InChI is InChI=1S/C10H13NO/c1-3-9-5-4-6-11-10(9)7-8(2)12/h4-6H,3,7H2,1-2H3. The first-order valence-corrected chi connectivity index (χ1v) is 4.16. The quantitative estimate of drug-likeness (QED) is 0.679. The average Bonchev–Trinajstić information content (AvgIpc) is 2.04. The maximum absolute atomic E-state index is 10.8. The van der Waals surface area contributed by atoms with Crippen LogP contribution in [0.2, 0.25) is 0 Å². The molecule has 0 saturated carbocycles. The molecular formula is C10H13NO. The summed E-state index contributed by atoms with van der Waals surface area (Å²) in [5, 5.41) is 0. The van der Waals surface area contributed by atoms with Crippen molar-refractivity contribution in [2.75, 3.05) is 0 Å². The van der Waals surface area contributed by atoms with Crippen LogP contribution in [0.25, 0.3) is 0 Å². The summed E-state index contributed by atoms with van der Waals surface area (Å²) < 4.78 is 0. The van der Waals surface area contributed by atoms with Crippen molar-refractivity contribution in [1.82, 2.24) is 4.98 Å². The Morgan fingerprint density at radius 1 is 1.58 bits per heavy atom. The summed E-state index contributed by atoms with van der Waals surface area (Å²) in [6, 6.07) is 3.92. The number of ketones is 1. The summed E-state index contributed by atoms with van der Waals surface area (Å²) in [6.45, 7) is 3.66. The minimum Gasteiger partial charge on any atom is -0.300 e. The summed E-state index contributed by atoms with van der Waals surface area (Å²) in [4.78, 5) is 15.0. The third-order valence-electron chi connectivity index (χ3n) is 1.78. The van der Waals surface area contributed by atoms with Gasteiger partial charge in [-0.3, -0.25) is 9.78 Å². The molecule has 0 aliphatic carbocycles. The van der Waals surface area contributed by atoms with Crippen molar-refractivity contribution >= 4 is 5.78 Å². The van der Waals surface area contributed by atoms with Crippen LogP contribution in [-0.4, -0.2) is 10.8 Å². The second kappa shape index (κ2) is 4.00. The Bertz CT molecular complexity index is 281. The topological polar surface area (TPSA) is 30.0 Å².